The molecule has 0 amide bonds. The number of nitrogens with zero attached hydrogens (tertiary/aromatic N) is 11. The number of non-ortho nitro benzene ring substituents is 3. The van der Waals surface area contributed by atoms with Gasteiger partial charge < -0.3 is 11.6 Å². The molecule has 9 aromatic rings. The third kappa shape index (κ3) is 17.7. The molecule has 0 aliphatic rings. The van der Waals surface area contributed by atoms with Gasteiger partial charge in [-0.2, -0.15) is 25.0 Å². The number of rotatable bonds is 6. The van der Waals surface area contributed by atoms with E-state index in [1.807, 2.05) is 60.7 Å². The Kier molecular flexibility index (Phi) is 26.7. The number of nitro benzene ring substituents is 3. The molecule has 28 heteroatoms. The molecule has 0 unspecified atom stereocenters. The number of halogens is 5. The first kappa shape index (κ1) is 57.8. The van der Waals surface area contributed by atoms with E-state index in [0.29, 0.717) is 16.4 Å². The van der Waals surface area contributed by atoms with Crippen LogP contribution in [0.5, 0.6) is 0 Å². The molecule has 21 nitrogen and oxygen atoms in total. The van der Waals surface area contributed by atoms with Crippen molar-refractivity contribution in [1.82, 2.24) is 45.4 Å². The summed E-state index contributed by atoms with van der Waals surface area (Å²) in [4.78, 5) is 44.1. The van der Waals surface area contributed by atoms with Gasteiger partial charge in [-0.25, -0.2) is 0 Å². The zero-order chi connectivity index (χ0) is 45.9. The Morgan fingerprint density at radius 3 is 1.20 bits per heavy atom. The molecule has 0 saturated heterocycles. The van der Waals surface area contributed by atoms with Gasteiger partial charge in [-0.15, -0.1) is 20.4 Å². The number of carbonyl (C=O) groups excluding carboxylic acids is 1. The van der Waals surface area contributed by atoms with Crippen LogP contribution in [0.15, 0.2) is 142 Å². The summed E-state index contributed by atoms with van der Waals surface area (Å²) in [5.74, 6) is 0. The molecule has 0 aliphatic carbocycles. The van der Waals surface area contributed by atoms with Crippen LogP contribution in [0, 0.1) is 30.3 Å². The summed E-state index contributed by atoms with van der Waals surface area (Å²) in [5.41, 5.74) is 6.34. The number of hydrogen-bond donors (Lipinski definition) is 1. The zero-order valence-corrected chi connectivity index (χ0v) is 46.6. The van der Waals surface area contributed by atoms with Crippen molar-refractivity contribution in [3.05, 3.63) is 178 Å². The van der Waals surface area contributed by atoms with Crippen LogP contribution in [0.4, 0.5) is 17.1 Å². The van der Waals surface area contributed by atoms with Crippen molar-refractivity contribution in [3.8, 4) is 11.4 Å². The van der Waals surface area contributed by atoms with Crippen LogP contribution in [0.2, 0.25) is 5.02 Å². The number of carbonyl (C=O) groups is 1. The number of nitrogens with one attached hydrogen (secondary N) is 1. The van der Waals surface area contributed by atoms with Crippen LogP contribution in [-0.2, 0) is 9.68 Å². The second-order valence-corrected chi connectivity index (χ2v) is 13.6. The van der Waals surface area contributed by atoms with Gasteiger partial charge in [0.05, 0.1) is 26.1 Å². The van der Waals surface area contributed by atoms with E-state index in [2.05, 4.69) is 101 Å². The normalized spacial score (nSPS) is 9.57. The Bertz CT molecular complexity index is 2850. The second-order valence-electron chi connectivity index (χ2n) is 11.5. The van der Waals surface area contributed by atoms with Crippen molar-refractivity contribution in [1.29, 1.82) is 0 Å². The van der Waals surface area contributed by atoms with Gasteiger partial charge >= 0.3 is 103 Å². The summed E-state index contributed by atoms with van der Waals surface area (Å²) in [6, 6.07) is 36.8. The molecule has 9 rings (SSSR count). The molecule has 0 spiro atoms. The van der Waals surface area contributed by atoms with Crippen LogP contribution >= 0.6 is 71.7 Å². The van der Waals surface area contributed by atoms with Gasteiger partial charge in [0.15, 0.2) is 0 Å². The van der Waals surface area contributed by atoms with Crippen molar-refractivity contribution >= 4 is 128 Å². The Balaban J connectivity index is 0.000000849. The zero-order valence-electron chi connectivity index (χ0n) is 34.3. The molecule has 0 radical (unpaired) electrons. The fourth-order valence-electron chi connectivity index (χ4n) is 4.79. The van der Waals surface area contributed by atoms with E-state index in [4.69, 9.17) is 21.7 Å². The maximum absolute atomic E-state index is 10.6. The number of para-hydroxylation sites is 2. The summed E-state index contributed by atoms with van der Waals surface area (Å²) >= 11 is 17.8. The Morgan fingerprint density at radius 1 is 0.569 bits per heavy atom. The van der Waals surface area contributed by atoms with Gasteiger partial charge in [-0.3, -0.25) is 35.1 Å². The van der Waals surface area contributed by atoms with Crippen LogP contribution in [-0.4, -0.2) is 66.6 Å². The number of H-pyrrole nitrogens is 1. The number of hydrogen-bond acceptors (Lipinski definition) is 15. The molecule has 0 aliphatic heterocycles. The van der Waals surface area contributed by atoms with Crippen molar-refractivity contribution in [3.63, 3.8) is 0 Å². The molecule has 65 heavy (non-hydrogen) atoms. The van der Waals surface area contributed by atoms with Crippen LogP contribution in [0.1, 0.15) is 2.85 Å². The fourth-order valence-corrected chi connectivity index (χ4v) is 5.71. The van der Waals surface area contributed by atoms with Crippen molar-refractivity contribution < 1.29 is 135 Å². The topological polar surface area (TPSA) is 282 Å². The van der Waals surface area contributed by atoms with Crippen molar-refractivity contribution in [2.45, 2.75) is 0 Å². The van der Waals surface area contributed by atoms with E-state index < -0.39 is 14.8 Å². The maximum Gasteiger partial charge on any atom is 1.00 e. The number of benzene rings is 6. The SMILES string of the molecule is BrBr.O=CO[O-].O=[N+]([O-])c1ccc(-n2nc3c(Br)ccc(Br)c3n2)cc1.O=[N+]([O-])c1ccc(-n2nc3ccccc3n2)cc1.O=[N+]([O-])c1ccc(Cl)cc1.[H-].[HH].[K+].[K+].c1ccc2n[nH]nc2c1. The predicted octanol–water partition coefficient (Wildman–Crippen LogP) is 3.88. The Morgan fingerprint density at radius 2 is 0.877 bits per heavy atom. The van der Waals surface area contributed by atoms with Gasteiger partial charge in [0.1, 0.15) is 33.1 Å². The van der Waals surface area contributed by atoms with E-state index >= 15 is 0 Å². The number of aromatic nitrogens is 9. The number of fused-ring (bicyclic) bond motifs is 3. The van der Waals surface area contributed by atoms with E-state index in [0.717, 1.165) is 42.0 Å². The summed E-state index contributed by atoms with van der Waals surface area (Å²) in [5, 5.41) is 67.8. The van der Waals surface area contributed by atoms with Gasteiger partial charge in [0.2, 0.25) is 0 Å². The van der Waals surface area contributed by atoms with Gasteiger partial charge in [0, 0.05) is 80.0 Å². The van der Waals surface area contributed by atoms with E-state index in [1.54, 1.807) is 24.3 Å². The molecule has 0 bridgehead atoms. The third-order valence-electron chi connectivity index (χ3n) is 7.61. The first-order valence-electron chi connectivity index (χ1n) is 16.9. The summed E-state index contributed by atoms with van der Waals surface area (Å²) < 4.78 is 1.67. The summed E-state index contributed by atoms with van der Waals surface area (Å²) in [6.45, 7) is -0.181. The maximum atomic E-state index is 10.6. The molecule has 3 aromatic heterocycles. The predicted molar refractivity (Wildman–Crippen MR) is 247 cm³/mol. The molecule has 3 heterocycles. The first-order valence-corrected chi connectivity index (χ1v) is 22.6. The standard InChI is InChI=1S/C12H6Br2N4O2.C12H8N4O2.C6H4ClNO2.C6H5N3.CH2O3.Br2.2K.H2.H/c13-9-5-6-10(14)12-11(9)15-17(16-12)7-1-3-8(4-2-7)18(19)20;17-16(18)10-7-5-9(6-8-10)15-13-11-3-1-2-4-12(11)14-15;7-5-1-3-6(4-2-5)8(9)10;1-2-4-6-5(3-1)7-9-8-6;2-1-4-3;1-2;;;;/h1-6H;1-8H;1-4H;1-4H,(H,7,8,9);1,3H;;;;1H;/q;;;;;;2*+1;;-1/p-1. The summed E-state index contributed by atoms with van der Waals surface area (Å²) in [7, 11) is 0. The quantitative estimate of drug-likeness (QED) is 0.0813. The Labute approximate surface area is 490 Å². The molecule has 6 aromatic carbocycles. The monoisotopic (exact) mass is 1210 g/mol. The summed E-state index contributed by atoms with van der Waals surface area (Å²) in [6.07, 6.45) is 0. The van der Waals surface area contributed by atoms with Gasteiger partial charge in [0.25, 0.3) is 23.5 Å². The number of aromatic amines is 1. The molecule has 326 valence electrons. The van der Waals surface area contributed by atoms with Crippen LogP contribution in [0.3, 0.4) is 0 Å². The third-order valence-corrected chi connectivity index (χ3v) is 9.14. The van der Waals surface area contributed by atoms with Gasteiger partial charge in [-0.1, -0.05) is 35.9 Å². The van der Waals surface area contributed by atoms with Crippen LogP contribution < -0.4 is 108 Å². The molecule has 1 N–H and O–H groups in total. The minimum absolute atomic E-state index is 0. The van der Waals surface area contributed by atoms with Crippen molar-refractivity contribution in [2.24, 2.45) is 0 Å². The average Bonchev–Trinajstić information content (AvgIpc) is 4.09. The molecular weight excluding hydrogens is 1190 g/mol. The average molecular weight is 1220 g/mol. The number of nitro groups is 3. The molecular formula is C37H27Br4ClK2N12O9. The largest absolute Gasteiger partial charge is 1.00 e. The Hall–Kier alpha value is -3.37. The molecule has 0 atom stereocenters. The van der Waals surface area contributed by atoms with Crippen molar-refractivity contribution in [2.75, 3.05) is 0 Å². The minimum Gasteiger partial charge on any atom is -1.00 e. The first-order chi connectivity index (χ1) is 30.4. The van der Waals surface area contributed by atoms with Crippen LogP contribution in [0.25, 0.3) is 44.5 Å². The minimum atomic E-state index is -0.462. The van der Waals surface area contributed by atoms with E-state index in [9.17, 15) is 30.3 Å². The molecule has 0 fully saturated rings. The second kappa shape index (κ2) is 30.1. The molecule has 0 saturated carbocycles. The smallest absolute Gasteiger partial charge is 1.00 e. The van der Waals surface area contributed by atoms with E-state index in [-0.39, 0.29) is 129 Å². The fraction of sp³-hybridized carbons (Fsp3) is 0. The van der Waals surface area contributed by atoms with E-state index in [1.165, 1.54) is 58.1 Å². The van der Waals surface area contributed by atoms with Gasteiger partial charge in [-0.05, 0) is 105 Å².